The van der Waals surface area contributed by atoms with E-state index in [1.165, 1.54) is 18.2 Å². The Morgan fingerprint density at radius 3 is 2.42 bits per heavy atom. The van der Waals surface area contributed by atoms with Crippen molar-refractivity contribution in [2.45, 2.75) is 6.54 Å². The minimum atomic E-state index is -0.586. The molecule has 0 saturated heterocycles. The molecule has 0 atom stereocenters. The number of nitrogens with zero attached hydrogens (tertiary/aromatic N) is 3. The molecule has 0 radical (unpaired) electrons. The highest BCUT2D eigenvalue weighted by Crippen LogP contribution is 2.11. The molecule has 2 heterocycles. The highest BCUT2D eigenvalue weighted by Gasteiger charge is 2.11. The highest BCUT2D eigenvalue weighted by molar-refractivity contribution is 6.03. The third-order valence-corrected chi connectivity index (χ3v) is 3.20. The molecule has 0 saturated carbocycles. The molecule has 3 rings (SSSR count). The van der Waals surface area contributed by atoms with Gasteiger partial charge in [-0.05, 0) is 36.4 Å². The summed E-state index contributed by atoms with van der Waals surface area (Å²) in [5.74, 6) is -0.371. The van der Waals surface area contributed by atoms with Gasteiger partial charge in [0.25, 0.3) is 5.91 Å². The Balaban J connectivity index is 1.60. The number of halogens is 1. The topological polar surface area (TPSA) is 79.8 Å². The van der Waals surface area contributed by atoms with E-state index in [1.54, 1.807) is 24.4 Å². The molecule has 0 aliphatic rings. The van der Waals surface area contributed by atoms with Crippen molar-refractivity contribution in [2.75, 3.05) is 10.6 Å². The molecule has 2 N–H and O–H groups in total. The van der Waals surface area contributed by atoms with E-state index in [0.29, 0.717) is 12.4 Å². The normalized spacial score (nSPS) is 10.2. The van der Waals surface area contributed by atoms with Crippen molar-refractivity contribution < 1.29 is 9.18 Å². The van der Waals surface area contributed by atoms with Crippen molar-refractivity contribution in [3.63, 3.8) is 0 Å². The molecule has 0 bridgehead atoms. The monoisotopic (exact) mass is 323 g/mol. The summed E-state index contributed by atoms with van der Waals surface area (Å²) in [5.41, 5.74) is 0.827. The Morgan fingerprint density at radius 2 is 1.71 bits per heavy atom. The molecule has 2 aromatic heterocycles. The third-order valence-electron chi connectivity index (χ3n) is 3.20. The van der Waals surface area contributed by atoms with Crippen LogP contribution in [-0.2, 0) is 6.54 Å². The second-order valence-electron chi connectivity index (χ2n) is 4.91. The number of anilines is 2. The summed E-state index contributed by atoms with van der Waals surface area (Å²) in [7, 11) is 0. The zero-order chi connectivity index (χ0) is 16.8. The first kappa shape index (κ1) is 15.5. The molecule has 3 aromatic rings. The van der Waals surface area contributed by atoms with Gasteiger partial charge in [-0.1, -0.05) is 18.2 Å². The lowest BCUT2D eigenvalue weighted by molar-refractivity contribution is 0.102. The van der Waals surface area contributed by atoms with E-state index in [0.717, 1.165) is 5.69 Å². The van der Waals surface area contributed by atoms with Crippen LogP contribution in [0, 0.1) is 5.82 Å². The number of hydrogen-bond donors (Lipinski definition) is 2. The van der Waals surface area contributed by atoms with Crippen molar-refractivity contribution in [1.82, 2.24) is 15.2 Å². The lowest BCUT2D eigenvalue weighted by Crippen LogP contribution is -2.15. The Bertz CT molecular complexity index is 824. The maximum Gasteiger partial charge on any atom is 0.259 e. The fourth-order valence-electron chi connectivity index (χ4n) is 2.01. The van der Waals surface area contributed by atoms with Crippen LogP contribution in [0.25, 0.3) is 0 Å². The van der Waals surface area contributed by atoms with E-state index in [1.807, 2.05) is 18.2 Å². The van der Waals surface area contributed by atoms with Crippen LogP contribution in [0.15, 0.2) is 60.8 Å². The molecule has 1 amide bonds. The Kier molecular flexibility index (Phi) is 4.71. The Morgan fingerprint density at radius 1 is 0.958 bits per heavy atom. The summed E-state index contributed by atoms with van der Waals surface area (Å²) in [5, 5.41) is 13.4. The third kappa shape index (κ3) is 3.89. The van der Waals surface area contributed by atoms with Crippen LogP contribution in [0.1, 0.15) is 16.1 Å². The molecule has 24 heavy (non-hydrogen) atoms. The minimum absolute atomic E-state index is 0.0448. The maximum atomic E-state index is 13.6. The molecule has 0 aliphatic heterocycles. The maximum absolute atomic E-state index is 13.6. The first-order valence-corrected chi connectivity index (χ1v) is 7.26. The number of carbonyl (C=O) groups is 1. The van der Waals surface area contributed by atoms with Crippen LogP contribution in [0.2, 0.25) is 0 Å². The Hall–Kier alpha value is -3.35. The van der Waals surface area contributed by atoms with Gasteiger partial charge in [0, 0.05) is 6.20 Å². The van der Waals surface area contributed by atoms with E-state index < -0.39 is 11.7 Å². The predicted molar refractivity (Wildman–Crippen MR) is 87.9 cm³/mol. The number of pyridine rings is 1. The first-order chi connectivity index (χ1) is 11.7. The van der Waals surface area contributed by atoms with Gasteiger partial charge in [0.05, 0.1) is 17.8 Å². The van der Waals surface area contributed by atoms with Crippen LogP contribution in [0.3, 0.4) is 0 Å². The first-order valence-electron chi connectivity index (χ1n) is 7.26. The number of carbonyl (C=O) groups excluding carboxylic acids is 1. The molecule has 7 heteroatoms. The van der Waals surface area contributed by atoms with E-state index in [2.05, 4.69) is 25.8 Å². The van der Waals surface area contributed by atoms with Gasteiger partial charge in [-0.2, -0.15) is 0 Å². The summed E-state index contributed by atoms with van der Waals surface area (Å²) in [6.07, 6.45) is 1.71. The standard InChI is InChI=1S/C17H14FN5O/c18-14-7-2-1-6-13(14)17(24)21-16-9-8-15(22-23-16)20-11-12-5-3-4-10-19-12/h1-10H,11H2,(H,20,22)(H,21,23,24). The van der Waals surface area contributed by atoms with Gasteiger partial charge >= 0.3 is 0 Å². The van der Waals surface area contributed by atoms with Crippen molar-refractivity contribution >= 4 is 17.5 Å². The van der Waals surface area contributed by atoms with Crippen LogP contribution in [-0.4, -0.2) is 21.1 Å². The summed E-state index contributed by atoms with van der Waals surface area (Å²) < 4.78 is 13.6. The van der Waals surface area contributed by atoms with Crippen molar-refractivity contribution in [2.24, 2.45) is 0 Å². The van der Waals surface area contributed by atoms with Gasteiger partial charge < -0.3 is 10.6 Å². The zero-order valence-electron chi connectivity index (χ0n) is 12.6. The smallest absolute Gasteiger partial charge is 0.259 e. The summed E-state index contributed by atoms with van der Waals surface area (Å²) >= 11 is 0. The lowest BCUT2D eigenvalue weighted by Gasteiger charge is -2.07. The van der Waals surface area contributed by atoms with Gasteiger partial charge in [-0.15, -0.1) is 10.2 Å². The SMILES string of the molecule is O=C(Nc1ccc(NCc2ccccn2)nn1)c1ccccc1F. The summed E-state index contributed by atoms with van der Waals surface area (Å²) in [6, 6.07) is 14.6. The van der Waals surface area contributed by atoms with Crippen LogP contribution >= 0.6 is 0 Å². The highest BCUT2D eigenvalue weighted by atomic mass is 19.1. The molecule has 1 aromatic carbocycles. The zero-order valence-corrected chi connectivity index (χ0v) is 12.6. The fourth-order valence-corrected chi connectivity index (χ4v) is 2.01. The molecule has 0 fully saturated rings. The van der Waals surface area contributed by atoms with E-state index in [9.17, 15) is 9.18 Å². The fraction of sp³-hybridized carbons (Fsp3) is 0.0588. The van der Waals surface area contributed by atoms with Crippen molar-refractivity contribution in [1.29, 1.82) is 0 Å². The minimum Gasteiger partial charge on any atom is -0.363 e. The largest absolute Gasteiger partial charge is 0.363 e. The van der Waals surface area contributed by atoms with Gasteiger partial charge in [-0.25, -0.2) is 4.39 Å². The van der Waals surface area contributed by atoms with Gasteiger partial charge in [-0.3, -0.25) is 9.78 Å². The number of hydrogen-bond acceptors (Lipinski definition) is 5. The average molecular weight is 323 g/mol. The summed E-state index contributed by atoms with van der Waals surface area (Å²) in [6.45, 7) is 0.510. The summed E-state index contributed by atoms with van der Waals surface area (Å²) in [4.78, 5) is 16.2. The molecule has 6 nitrogen and oxygen atoms in total. The lowest BCUT2D eigenvalue weighted by atomic mass is 10.2. The van der Waals surface area contributed by atoms with E-state index >= 15 is 0 Å². The number of aromatic nitrogens is 3. The molecular weight excluding hydrogens is 309 g/mol. The molecule has 120 valence electrons. The van der Waals surface area contributed by atoms with Gasteiger partial charge in [0.1, 0.15) is 11.6 Å². The second kappa shape index (κ2) is 7.28. The average Bonchev–Trinajstić information content (AvgIpc) is 2.62. The van der Waals surface area contributed by atoms with Crippen LogP contribution in [0.5, 0.6) is 0 Å². The number of rotatable bonds is 5. The second-order valence-corrected chi connectivity index (χ2v) is 4.91. The van der Waals surface area contributed by atoms with Crippen LogP contribution in [0.4, 0.5) is 16.0 Å². The van der Waals surface area contributed by atoms with Gasteiger partial charge in [0.15, 0.2) is 5.82 Å². The molecule has 0 unspecified atom stereocenters. The van der Waals surface area contributed by atoms with E-state index in [-0.39, 0.29) is 11.4 Å². The Labute approximate surface area is 137 Å². The molecule has 0 aliphatic carbocycles. The molecular formula is C17H14FN5O. The van der Waals surface area contributed by atoms with E-state index in [4.69, 9.17) is 0 Å². The number of nitrogens with one attached hydrogen (secondary N) is 2. The van der Waals surface area contributed by atoms with Crippen molar-refractivity contribution in [3.05, 3.63) is 77.9 Å². The van der Waals surface area contributed by atoms with Crippen molar-refractivity contribution in [3.8, 4) is 0 Å². The quantitative estimate of drug-likeness (QED) is 0.755. The van der Waals surface area contributed by atoms with Gasteiger partial charge in [0.2, 0.25) is 0 Å². The van der Waals surface area contributed by atoms with Crippen LogP contribution < -0.4 is 10.6 Å². The number of benzene rings is 1. The predicted octanol–water partition coefficient (Wildman–Crippen LogP) is 2.88. The molecule has 0 spiro atoms. The number of amides is 1.